The summed E-state index contributed by atoms with van der Waals surface area (Å²) < 4.78 is 5.52. The molecule has 1 aromatic heterocycles. The highest BCUT2D eigenvalue weighted by Crippen LogP contribution is 2.44. The van der Waals surface area contributed by atoms with Gasteiger partial charge in [-0.15, -0.1) is 0 Å². The van der Waals surface area contributed by atoms with Gasteiger partial charge in [0.2, 0.25) is 5.91 Å². The zero-order valence-corrected chi connectivity index (χ0v) is 16.1. The van der Waals surface area contributed by atoms with E-state index in [0.29, 0.717) is 30.5 Å². The lowest BCUT2D eigenvalue weighted by molar-refractivity contribution is -0.139. The molecule has 6 heteroatoms. The molecule has 2 aliphatic rings. The summed E-state index contributed by atoms with van der Waals surface area (Å²) in [4.78, 5) is 31.9. The van der Waals surface area contributed by atoms with Gasteiger partial charge >= 0.3 is 0 Å². The molecule has 0 aromatic carbocycles. The van der Waals surface area contributed by atoms with Crippen LogP contribution in [0.2, 0.25) is 0 Å². The van der Waals surface area contributed by atoms with Crippen molar-refractivity contribution in [3.05, 3.63) is 23.2 Å². The van der Waals surface area contributed by atoms with Gasteiger partial charge < -0.3 is 14.2 Å². The van der Waals surface area contributed by atoms with Crippen molar-refractivity contribution in [2.45, 2.75) is 33.7 Å². The van der Waals surface area contributed by atoms with Crippen molar-refractivity contribution in [1.29, 1.82) is 0 Å². The Balaban J connectivity index is 1.88. The van der Waals surface area contributed by atoms with E-state index in [1.807, 2.05) is 18.7 Å². The van der Waals surface area contributed by atoms with Gasteiger partial charge in [0.15, 0.2) is 0 Å². The first-order valence-electron chi connectivity index (χ1n) is 8.98. The Morgan fingerprint density at radius 3 is 2.44 bits per heavy atom. The second-order valence-corrected chi connectivity index (χ2v) is 8.09. The maximum atomic E-state index is 13.0. The van der Waals surface area contributed by atoms with Gasteiger partial charge in [0.25, 0.3) is 5.91 Å². The number of carbonyl (C=O) groups excluding carboxylic acids is 2. The Hall–Kier alpha value is -1.82. The lowest BCUT2D eigenvalue weighted by Crippen LogP contribution is -2.48. The molecule has 0 spiro atoms. The van der Waals surface area contributed by atoms with Crippen LogP contribution < -0.4 is 0 Å². The maximum absolute atomic E-state index is 13.0. The number of amides is 2. The predicted octanol–water partition coefficient (Wildman–Crippen LogP) is 1.77. The lowest BCUT2D eigenvalue weighted by atomic mass is 9.79. The third-order valence-electron chi connectivity index (χ3n) is 5.76. The molecule has 0 radical (unpaired) electrons. The van der Waals surface area contributed by atoms with Gasteiger partial charge in [-0.05, 0) is 33.8 Å². The largest absolute Gasteiger partial charge is 0.466 e. The molecule has 0 N–H and O–H groups in total. The molecule has 2 amide bonds. The minimum Gasteiger partial charge on any atom is -0.466 e. The van der Waals surface area contributed by atoms with Gasteiger partial charge in [-0.1, -0.05) is 0 Å². The van der Waals surface area contributed by atoms with Crippen LogP contribution in [0.4, 0.5) is 0 Å². The minimum absolute atomic E-state index is 0.0224. The van der Waals surface area contributed by atoms with Gasteiger partial charge in [0.1, 0.15) is 11.5 Å². The van der Waals surface area contributed by atoms with Crippen LogP contribution >= 0.6 is 0 Å². The van der Waals surface area contributed by atoms with Crippen LogP contribution in [-0.4, -0.2) is 72.8 Å². The quantitative estimate of drug-likeness (QED) is 0.836. The van der Waals surface area contributed by atoms with Crippen molar-refractivity contribution in [3.63, 3.8) is 0 Å². The molecule has 0 aliphatic carbocycles. The summed E-state index contributed by atoms with van der Waals surface area (Å²) >= 11 is 0. The van der Waals surface area contributed by atoms with Crippen molar-refractivity contribution in [1.82, 2.24) is 14.7 Å². The van der Waals surface area contributed by atoms with Crippen LogP contribution in [0.25, 0.3) is 0 Å². The fraction of sp³-hybridized carbons (Fsp3) is 0.684. The molecule has 2 fully saturated rings. The molecule has 0 saturated carbocycles. The Morgan fingerprint density at radius 2 is 1.92 bits per heavy atom. The molecular weight excluding hydrogens is 318 g/mol. The maximum Gasteiger partial charge on any atom is 0.257 e. The molecule has 2 atom stereocenters. The number of furan rings is 1. The number of rotatable bonds is 3. The van der Waals surface area contributed by atoms with E-state index in [-0.39, 0.29) is 17.7 Å². The lowest BCUT2D eigenvalue weighted by Gasteiger charge is -2.31. The first kappa shape index (κ1) is 18.0. The van der Waals surface area contributed by atoms with E-state index in [1.165, 1.54) is 0 Å². The highest BCUT2D eigenvalue weighted by Gasteiger charge is 2.58. The second-order valence-electron chi connectivity index (χ2n) is 8.09. The Labute approximate surface area is 149 Å². The van der Waals surface area contributed by atoms with Gasteiger partial charge in [-0.25, -0.2) is 0 Å². The summed E-state index contributed by atoms with van der Waals surface area (Å²) in [6.07, 6.45) is 0. The van der Waals surface area contributed by atoms with Crippen molar-refractivity contribution in [2.24, 2.45) is 11.3 Å². The number of hydrogen-bond donors (Lipinski definition) is 0. The molecule has 25 heavy (non-hydrogen) atoms. The van der Waals surface area contributed by atoms with E-state index < -0.39 is 5.41 Å². The molecule has 2 unspecified atom stereocenters. The summed E-state index contributed by atoms with van der Waals surface area (Å²) in [7, 11) is 3.61. The van der Waals surface area contributed by atoms with E-state index in [2.05, 4.69) is 18.7 Å². The zero-order chi connectivity index (χ0) is 18.5. The Kier molecular flexibility index (Phi) is 4.43. The number of likely N-dealkylation sites (tertiary alicyclic amines) is 2. The smallest absolute Gasteiger partial charge is 0.257 e. The summed E-state index contributed by atoms with van der Waals surface area (Å²) in [6, 6.07) is 2.20. The van der Waals surface area contributed by atoms with Crippen molar-refractivity contribution in [3.8, 4) is 0 Å². The molecule has 3 rings (SSSR count). The van der Waals surface area contributed by atoms with E-state index in [4.69, 9.17) is 4.42 Å². The fourth-order valence-electron chi connectivity index (χ4n) is 4.41. The number of carbonyl (C=O) groups is 2. The molecule has 2 aliphatic heterocycles. The van der Waals surface area contributed by atoms with Crippen LogP contribution in [0.3, 0.4) is 0 Å². The third kappa shape index (κ3) is 2.86. The van der Waals surface area contributed by atoms with Crippen molar-refractivity contribution < 1.29 is 14.0 Å². The van der Waals surface area contributed by atoms with E-state index in [1.54, 1.807) is 25.1 Å². The van der Waals surface area contributed by atoms with Crippen LogP contribution in [0.1, 0.15) is 35.7 Å². The first-order chi connectivity index (χ1) is 11.7. The van der Waals surface area contributed by atoms with Crippen LogP contribution in [0.15, 0.2) is 10.5 Å². The Morgan fingerprint density at radius 1 is 1.24 bits per heavy atom. The summed E-state index contributed by atoms with van der Waals surface area (Å²) in [6.45, 7) is 10.7. The highest BCUT2D eigenvalue weighted by atomic mass is 16.3. The van der Waals surface area contributed by atoms with Gasteiger partial charge in [0, 0.05) is 52.2 Å². The predicted molar refractivity (Wildman–Crippen MR) is 95.4 cm³/mol. The molecule has 0 bridgehead atoms. The number of nitrogens with zero attached hydrogens (tertiary/aromatic N) is 3. The molecule has 2 saturated heterocycles. The monoisotopic (exact) mass is 347 g/mol. The molecule has 138 valence electrons. The average Bonchev–Trinajstić information content (AvgIpc) is 3.15. The van der Waals surface area contributed by atoms with Gasteiger partial charge in [0.05, 0.1) is 11.0 Å². The Bertz CT molecular complexity index is 694. The van der Waals surface area contributed by atoms with Crippen molar-refractivity contribution >= 4 is 11.8 Å². The fourth-order valence-corrected chi connectivity index (χ4v) is 4.41. The van der Waals surface area contributed by atoms with Crippen molar-refractivity contribution in [2.75, 3.05) is 40.3 Å². The standard InChI is InChI=1S/C19H29N3O3/c1-12(2)21-8-15-9-22(11-19(15,10-21)18(24)20(5)6)17(23)16-7-13(3)25-14(16)4/h7,12,15H,8-11H2,1-6H3. The van der Waals surface area contributed by atoms with Crippen LogP contribution in [0.5, 0.6) is 0 Å². The van der Waals surface area contributed by atoms with Gasteiger partial charge in [-0.2, -0.15) is 0 Å². The van der Waals surface area contributed by atoms with Crippen LogP contribution in [0, 0.1) is 25.2 Å². The topological polar surface area (TPSA) is 57.0 Å². The van der Waals surface area contributed by atoms with Crippen LogP contribution in [-0.2, 0) is 4.79 Å². The summed E-state index contributed by atoms with van der Waals surface area (Å²) in [5.41, 5.74) is 0.126. The summed E-state index contributed by atoms with van der Waals surface area (Å²) in [5, 5.41) is 0. The molecule has 6 nitrogen and oxygen atoms in total. The highest BCUT2D eigenvalue weighted by molar-refractivity contribution is 5.96. The van der Waals surface area contributed by atoms with E-state index >= 15 is 0 Å². The molecule has 1 aromatic rings. The second kappa shape index (κ2) is 6.16. The number of aryl methyl sites for hydroxylation is 2. The SMILES string of the molecule is Cc1cc(C(=O)N2CC3CN(C(C)C)CC3(C(=O)N(C)C)C2)c(C)o1. The molecular formula is C19H29N3O3. The number of hydrogen-bond acceptors (Lipinski definition) is 4. The number of fused-ring (bicyclic) bond motifs is 1. The van der Waals surface area contributed by atoms with E-state index in [0.717, 1.165) is 18.8 Å². The normalized spacial score (nSPS) is 26.4. The first-order valence-corrected chi connectivity index (χ1v) is 8.98. The summed E-state index contributed by atoms with van der Waals surface area (Å²) in [5.74, 6) is 1.69. The third-order valence-corrected chi connectivity index (χ3v) is 5.76. The van der Waals surface area contributed by atoms with E-state index in [9.17, 15) is 9.59 Å². The van der Waals surface area contributed by atoms with Gasteiger partial charge in [-0.3, -0.25) is 14.5 Å². The minimum atomic E-state index is -0.490. The zero-order valence-electron chi connectivity index (χ0n) is 16.1. The average molecular weight is 347 g/mol. The molecule has 3 heterocycles.